The molecule has 1 aromatic rings. The van der Waals surface area contributed by atoms with E-state index in [1.54, 1.807) is 0 Å². The molecule has 24 heavy (non-hydrogen) atoms. The first-order valence-corrected chi connectivity index (χ1v) is 10.5. The van der Waals surface area contributed by atoms with Crippen molar-refractivity contribution in [2.45, 2.75) is 88.9 Å². The van der Waals surface area contributed by atoms with Crippen molar-refractivity contribution in [2.75, 3.05) is 0 Å². The topological polar surface area (TPSA) is 57.2 Å². The third-order valence-corrected chi connectivity index (χ3v) is 5.30. The molecule has 0 fully saturated rings. The predicted molar refractivity (Wildman–Crippen MR) is 94.7 cm³/mol. The molecule has 0 aliphatic rings. The average Bonchev–Trinajstić information content (AvgIpc) is 2.53. The van der Waals surface area contributed by atoms with Crippen LogP contribution in [0, 0.1) is 0 Å². The van der Waals surface area contributed by atoms with Crippen molar-refractivity contribution >= 4 is 10.1 Å². The van der Waals surface area contributed by atoms with E-state index in [2.05, 4.69) is 13.8 Å². The van der Waals surface area contributed by atoms with E-state index in [4.69, 9.17) is 0 Å². The molecule has 0 N–H and O–H groups in total. The predicted octanol–water partition coefficient (Wildman–Crippen LogP) is 2.62. The van der Waals surface area contributed by atoms with E-state index in [1.165, 1.54) is 69.1 Å². The number of benzene rings is 1. The van der Waals surface area contributed by atoms with Crippen LogP contribution in [0.15, 0.2) is 29.2 Å². The Labute approximate surface area is 170 Å². The molecule has 0 spiro atoms. The van der Waals surface area contributed by atoms with Crippen molar-refractivity contribution in [1.29, 1.82) is 0 Å². The summed E-state index contributed by atoms with van der Waals surface area (Å²) >= 11 is 0. The van der Waals surface area contributed by atoms with Gasteiger partial charge in [0.15, 0.2) is 0 Å². The second-order valence-corrected chi connectivity index (χ2v) is 7.80. The van der Waals surface area contributed by atoms with Gasteiger partial charge < -0.3 is 4.55 Å². The molecule has 0 saturated heterocycles. The minimum Gasteiger partial charge on any atom is -0.744 e. The molecule has 1 unspecified atom stereocenters. The van der Waals surface area contributed by atoms with Crippen LogP contribution in [-0.2, 0) is 10.1 Å². The first kappa shape index (κ1) is 24.1. The Balaban J connectivity index is 0.00000529. The summed E-state index contributed by atoms with van der Waals surface area (Å²) in [7, 11) is -4.34. The quantitative estimate of drug-likeness (QED) is 0.326. The Hall–Kier alpha value is 0.130. The van der Waals surface area contributed by atoms with Crippen molar-refractivity contribution in [2.24, 2.45) is 0 Å². The van der Waals surface area contributed by atoms with Crippen LogP contribution in [0.2, 0.25) is 0 Å². The molecule has 1 aromatic carbocycles. The minimum atomic E-state index is -4.34. The third-order valence-electron chi connectivity index (χ3n) is 4.45. The van der Waals surface area contributed by atoms with E-state index in [1.807, 2.05) is 12.1 Å². The molecule has 1 atom stereocenters. The van der Waals surface area contributed by atoms with Crippen molar-refractivity contribution in [3.8, 4) is 0 Å². The number of hydrogen-bond donors (Lipinski definition) is 0. The molecule has 0 radical (unpaired) electrons. The average molecular weight is 363 g/mol. The zero-order chi connectivity index (χ0) is 17.1. The summed E-state index contributed by atoms with van der Waals surface area (Å²) < 4.78 is 33.1. The molecule has 0 heterocycles. The first-order chi connectivity index (χ1) is 11.0. The molecule has 0 bridgehead atoms. The standard InChI is InChI=1S/C19H32O3S.Na/c1-3-5-7-8-9-10-12-17(11-6-4-2)18-13-15-19(16-14-18)23(20,21)22;/h13-17H,3-12H2,1-2H3,(H,20,21,22);/q;+1/p-1. The van der Waals surface area contributed by atoms with Gasteiger partial charge in [-0.25, -0.2) is 8.42 Å². The summed E-state index contributed by atoms with van der Waals surface area (Å²) in [5, 5.41) is 0. The van der Waals surface area contributed by atoms with E-state index in [0.29, 0.717) is 5.92 Å². The van der Waals surface area contributed by atoms with Crippen LogP contribution in [-0.4, -0.2) is 13.0 Å². The second-order valence-electron chi connectivity index (χ2n) is 6.42. The maximum Gasteiger partial charge on any atom is 1.00 e. The monoisotopic (exact) mass is 362 g/mol. The maximum atomic E-state index is 11.0. The van der Waals surface area contributed by atoms with Gasteiger partial charge in [0, 0.05) is 0 Å². The summed E-state index contributed by atoms with van der Waals surface area (Å²) in [6, 6.07) is 6.56. The zero-order valence-electron chi connectivity index (χ0n) is 15.6. The number of hydrogen-bond acceptors (Lipinski definition) is 3. The van der Waals surface area contributed by atoms with E-state index in [-0.39, 0.29) is 34.5 Å². The summed E-state index contributed by atoms with van der Waals surface area (Å²) in [5.41, 5.74) is 1.17. The molecule has 0 saturated carbocycles. The molecule has 0 amide bonds. The summed E-state index contributed by atoms with van der Waals surface area (Å²) in [4.78, 5) is -0.130. The van der Waals surface area contributed by atoms with Gasteiger partial charge in [0.2, 0.25) is 0 Å². The normalized spacial score (nSPS) is 12.6. The summed E-state index contributed by atoms with van der Waals surface area (Å²) in [6.45, 7) is 4.42. The van der Waals surface area contributed by atoms with Crippen LogP contribution in [0.25, 0.3) is 0 Å². The van der Waals surface area contributed by atoms with Crippen LogP contribution in [0.1, 0.15) is 89.5 Å². The largest absolute Gasteiger partial charge is 1.00 e. The minimum absolute atomic E-state index is 0. The molecule has 0 aliphatic heterocycles. The summed E-state index contributed by atoms with van der Waals surface area (Å²) in [5.74, 6) is 0.476. The third kappa shape index (κ3) is 9.57. The van der Waals surface area contributed by atoms with Crippen LogP contribution < -0.4 is 29.6 Å². The Morgan fingerprint density at radius 1 is 0.833 bits per heavy atom. The molecule has 132 valence electrons. The van der Waals surface area contributed by atoms with E-state index in [0.717, 1.165) is 12.8 Å². The molecule has 5 heteroatoms. The van der Waals surface area contributed by atoms with Crippen molar-refractivity contribution in [3.63, 3.8) is 0 Å². The van der Waals surface area contributed by atoms with Gasteiger partial charge in [0.05, 0.1) is 4.90 Å². The van der Waals surface area contributed by atoms with Gasteiger partial charge in [-0.3, -0.25) is 0 Å². The van der Waals surface area contributed by atoms with E-state index in [9.17, 15) is 13.0 Å². The SMILES string of the molecule is CCCCCCCCC(CCCC)c1ccc(S(=O)(=O)[O-])cc1.[Na+]. The smallest absolute Gasteiger partial charge is 0.744 e. The van der Waals surface area contributed by atoms with Crippen molar-refractivity contribution in [3.05, 3.63) is 29.8 Å². The van der Waals surface area contributed by atoms with Crippen LogP contribution >= 0.6 is 0 Å². The van der Waals surface area contributed by atoms with Crippen molar-refractivity contribution < 1.29 is 42.5 Å². The Bertz CT molecular complexity index is 526. The molecule has 0 aliphatic carbocycles. The van der Waals surface area contributed by atoms with Gasteiger partial charge in [-0.2, -0.15) is 0 Å². The number of rotatable bonds is 12. The molecular weight excluding hydrogens is 331 g/mol. The fraction of sp³-hybridized carbons (Fsp3) is 0.684. The Morgan fingerprint density at radius 2 is 1.33 bits per heavy atom. The van der Waals surface area contributed by atoms with Gasteiger partial charge in [-0.15, -0.1) is 0 Å². The fourth-order valence-corrected chi connectivity index (χ4v) is 3.48. The number of unbranched alkanes of at least 4 members (excludes halogenated alkanes) is 6. The Morgan fingerprint density at radius 3 is 1.88 bits per heavy atom. The first-order valence-electron chi connectivity index (χ1n) is 9.04. The molecule has 3 nitrogen and oxygen atoms in total. The fourth-order valence-electron chi connectivity index (χ4n) is 3.01. The van der Waals surface area contributed by atoms with E-state index >= 15 is 0 Å². The van der Waals surface area contributed by atoms with Gasteiger partial charge in [-0.1, -0.05) is 77.3 Å². The second kappa shape index (κ2) is 13.3. The molecular formula is C19H31NaO3S. The maximum absolute atomic E-state index is 11.0. The van der Waals surface area contributed by atoms with Gasteiger partial charge in [0.1, 0.15) is 10.1 Å². The molecule has 1 rings (SSSR count). The molecule has 0 aromatic heterocycles. The van der Waals surface area contributed by atoms with Crippen molar-refractivity contribution in [1.82, 2.24) is 0 Å². The zero-order valence-corrected chi connectivity index (χ0v) is 18.4. The van der Waals surface area contributed by atoms with Gasteiger partial charge in [-0.05, 0) is 36.5 Å². The van der Waals surface area contributed by atoms with Crippen LogP contribution in [0.5, 0.6) is 0 Å². The van der Waals surface area contributed by atoms with E-state index < -0.39 is 10.1 Å². The Kier molecular flexibility index (Phi) is 13.4. The summed E-state index contributed by atoms with van der Waals surface area (Å²) in [6.07, 6.45) is 12.4. The van der Waals surface area contributed by atoms with Gasteiger partial charge in [0.25, 0.3) is 0 Å². The van der Waals surface area contributed by atoms with Crippen LogP contribution in [0.3, 0.4) is 0 Å². The van der Waals surface area contributed by atoms with Crippen LogP contribution in [0.4, 0.5) is 0 Å². The van der Waals surface area contributed by atoms with Gasteiger partial charge >= 0.3 is 29.6 Å².